The predicted octanol–water partition coefficient (Wildman–Crippen LogP) is 3.29. The minimum Gasteiger partial charge on any atom is -0.445 e. The molecule has 3 amide bonds. The molecule has 38 heavy (non-hydrogen) atoms. The van der Waals surface area contributed by atoms with Gasteiger partial charge in [-0.1, -0.05) is 67.2 Å². The molecule has 0 spiro atoms. The lowest BCUT2D eigenvalue weighted by Crippen LogP contribution is -2.54. The van der Waals surface area contributed by atoms with Crippen LogP contribution in [-0.4, -0.2) is 44.2 Å². The highest BCUT2D eigenvalue weighted by molar-refractivity contribution is 7.99. The number of hydrogen-bond acceptors (Lipinski definition) is 7. The third-order valence-corrected chi connectivity index (χ3v) is 8.22. The second-order valence-electron chi connectivity index (χ2n) is 8.30. The molecule has 11 heteroatoms. The molecule has 200 valence electrons. The fraction of sp³-hybridized carbons (Fsp3) is 0.222. The van der Waals surface area contributed by atoms with Crippen molar-refractivity contribution in [3.63, 3.8) is 0 Å². The molecular formula is C27H29N3O6S2. The number of nitrogens with two attached hydrogens (primary N) is 1. The summed E-state index contributed by atoms with van der Waals surface area (Å²) in [6.45, 7) is 1.66. The first-order chi connectivity index (χ1) is 18.2. The van der Waals surface area contributed by atoms with Gasteiger partial charge in [0.15, 0.2) is 9.84 Å². The molecule has 0 bridgehead atoms. The molecule has 3 rings (SSSR count). The number of ether oxygens (including phenoxy) is 1. The van der Waals surface area contributed by atoms with E-state index in [1.807, 2.05) is 36.4 Å². The summed E-state index contributed by atoms with van der Waals surface area (Å²) in [5.41, 5.74) is 6.17. The Kier molecular flexibility index (Phi) is 10.3. The Balaban J connectivity index is 1.59. The van der Waals surface area contributed by atoms with E-state index in [0.717, 1.165) is 15.4 Å². The normalized spacial score (nSPS) is 12.7. The van der Waals surface area contributed by atoms with E-state index < -0.39 is 45.6 Å². The van der Waals surface area contributed by atoms with Crippen molar-refractivity contribution < 1.29 is 27.5 Å². The average Bonchev–Trinajstić information content (AvgIpc) is 2.91. The number of rotatable bonds is 12. The lowest BCUT2D eigenvalue weighted by molar-refractivity contribution is -0.128. The number of amides is 3. The molecule has 2 atom stereocenters. The Labute approximate surface area is 226 Å². The number of sulfone groups is 1. The molecule has 3 aromatic carbocycles. The molecule has 9 nitrogen and oxygen atoms in total. The number of alkyl carbamates (subject to hydrolysis) is 1. The minimum atomic E-state index is -3.97. The summed E-state index contributed by atoms with van der Waals surface area (Å²) < 4.78 is 31.1. The van der Waals surface area contributed by atoms with E-state index in [1.165, 1.54) is 23.9 Å². The zero-order valence-electron chi connectivity index (χ0n) is 20.7. The molecule has 0 saturated carbocycles. The number of hydrogen-bond donors (Lipinski definition) is 3. The number of nitrogens with one attached hydrogen (secondary N) is 2. The van der Waals surface area contributed by atoms with Crippen molar-refractivity contribution in [1.82, 2.24) is 10.6 Å². The fourth-order valence-electron chi connectivity index (χ4n) is 3.38. The topological polar surface area (TPSA) is 145 Å². The lowest BCUT2D eigenvalue weighted by Gasteiger charge is -2.21. The number of primary amides is 1. The first kappa shape index (κ1) is 28.7. The molecule has 0 radical (unpaired) electrons. The monoisotopic (exact) mass is 555 g/mol. The summed E-state index contributed by atoms with van der Waals surface area (Å²) in [5, 5.41) is 4.77. The third-order valence-electron chi connectivity index (χ3n) is 5.44. The summed E-state index contributed by atoms with van der Waals surface area (Å²) in [6, 6.07) is 22.3. The van der Waals surface area contributed by atoms with E-state index in [-0.39, 0.29) is 17.9 Å². The number of carbonyl (C=O) groups is 3. The first-order valence-electron chi connectivity index (χ1n) is 11.8. The van der Waals surface area contributed by atoms with Gasteiger partial charge in [-0.25, -0.2) is 13.2 Å². The largest absolute Gasteiger partial charge is 0.445 e. The van der Waals surface area contributed by atoms with Crippen LogP contribution < -0.4 is 16.4 Å². The Morgan fingerprint density at radius 1 is 0.842 bits per heavy atom. The SMILES string of the molecule is CCC(NC(=O)OCc1ccccc1)C(=O)NC(CS(=O)(=O)c1ccc(Sc2ccccc2)cc1)C(N)=O. The minimum absolute atomic E-state index is 0.00920. The third kappa shape index (κ3) is 8.63. The molecule has 3 aromatic rings. The van der Waals surface area contributed by atoms with Gasteiger partial charge in [0.05, 0.1) is 10.6 Å². The summed E-state index contributed by atoms with van der Waals surface area (Å²) in [7, 11) is -3.97. The maximum atomic E-state index is 13.0. The van der Waals surface area contributed by atoms with Crippen LogP contribution in [0.4, 0.5) is 4.79 Å². The molecule has 2 unspecified atom stereocenters. The Morgan fingerprint density at radius 2 is 1.42 bits per heavy atom. The van der Waals surface area contributed by atoms with Crippen LogP contribution in [0.2, 0.25) is 0 Å². The highest BCUT2D eigenvalue weighted by atomic mass is 32.2. The van der Waals surface area contributed by atoms with Crippen LogP contribution in [0.1, 0.15) is 18.9 Å². The molecular weight excluding hydrogens is 526 g/mol. The van der Waals surface area contributed by atoms with Gasteiger partial charge < -0.3 is 21.1 Å². The maximum absolute atomic E-state index is 13.0. The Hall–Kier alpha value is -3.83. The van der Waals surface area contributed by atoms with Crippen molar-refractivity contribution in [3.05, 3.63) is 90.5 Å². The highest BCUT2D eigenvalue weighted by Gasteiger charge is 2.29. The van der Waals surface area contributed by atoms with Crippen LogP contribution in [0.3, 0.4) is 0 Å². The van der Waals surface area contributed by atoms with E-state index in [1.54, 1.807) is 43.3 Å². The summed E-state index contributed by atoms with van der Waals surface area (Å²) in [5.74, 6) is -2.49. The number of carbonyl (C=O) groups excluding carboxylic acids is 3. The van der Waals surface area contributed by atoms with Crippen molar-refractivity contribution in [3.8, 4) is 0 Å². The molecule has 0 aliphatic carbocycles. The van der Waals surface area contributed by atoms with E-state index >= 15 is 0 Å². The van der Waals surface area contributed by atoms with E-state index in [4.69, 9.17) is 10.5 Å². The molecule has 0 aliphatic rings. The van der Waals surface area contributed by atoms with Crippen LogP contribution in [0.25, 0.3) is 0 Å². The molecule has 0 aliphatic heterocycles. The molecule has 0 saturated heterocycles. The van der Waals surface area contributed by atoms with Crippen molar-refractivity contribution >= 4 is 39.5 Å². The van der Waals surface area contributed by atoms with Crippen LogP contribution in [-0.2, 0) is 30.8 Å². The quantitative estimate of drug-likeness (QED) is 0.311. The van der Waals surface area contributed by atoms with Gasteiger partial charge >= 0.3 is 6.09 Å². The molecule has 0 fully saturated rings. The molecule has 4 N–H and O–H groups in total. The Morgan fingerprint density at radius 3 is 2.00 bits per heavy atom. The van der Waals surface area contributed by atoms with Gasteiger partial charge in [-0.15, -0.1) is 0 Å². The van der Waals surface area contributed by atoms with Crippen LogP contribution in [0, 0.1) is 0 Å². The summed E-state index contributed by atoms with van der Waals surface area (Å²) in [6.07, 6.45) is -0.655. The second kappa shape index (κ2) is 13.6. The van der Waals surface area contributed by atoms with Crippen molar-refractivity contribution in [2.75, 3.05) is 5.75 Å². The van der Waals surface area contributed by atoms with E-state index in [0.29, 0.717) is 0 Å². The van der Waals surface area contributed by atoms with Crippen LogP contribution >= 0.6 is 11.8 Å². The average molecular weight is 556 g/mol. The van der Waals surface area contributed by atoms with Gasteiger partial charge in [-0.2, -0.15) is 0 Å². The van der Waals surface area contributed by atoms with Gasteiger partial charge in [0.1, 0.15) is 18.7 Å². The second-order valence-corrected chi connectivity index (χ2v) is 11.5. The molecule has 0 heterocycles. The van der Waals surface area contributed by atoms with Gasteiger partial charge in [0.2, 0.25) is 11.8 Å². The standard InChI is InChI=1S/C27H29N3O6S2/c1-2-23(30-27(33)36-17-19-9-5-3-6-10-19)26(32)29-24(25(28)31)18-38(34,35)22-15-13-21(14-16-22)37-20-11-7-4-8-12-20/h3-16,23-24H,2,17-18H2,1H3,(H2,28,31)(H,29,32)(H,30,33). The van der Waals surface area contributed by atoms with Gasteiger partial charge in [0, 0.05) is 9.79 Å². The zero-order chi connectivity index (χ0) is 27.5. The van der Waals surface area contributed by atoms with Crippen molar-refractivity contribution in [2.45, 2.75) is 46.7 Å². The van der Waals surface area contributed by atoms with E-state index in [9.17, 15) is 22.8 Å². The molecule has 0 aromatic heterocycles. The predicted molar refractivity (Wildman–Crippen MR) is 144 cm³/mol. The fourth-order valence-corrected chi connectivity index (χ4v) is 5.65. The Bertz CT molecular complexity index is 1330. The van der Waals surface area contributed by atoms with Crippen molar-refractivity contribution in [1.29, 1.82) is 0 Å². The first-order valence-corrected chi connectivity index (χ1v) is 14.3. The van der Waals surface area contributed by atoms with Gasteiger partial charge in [-0.05, 0) is 48.4 Å². The highest BCUT2D eigenvalue weighted by Crippen LogP contribution is 2.28. The maximum Gasteiger partial charge on any atom is 0.408 e. The smallest absolute Gasteiger partial charge is 0.408 e. The lowest BCUT2D eigenvalue weighted by atomic mass is 10.2. The van der Waals surface area contributed by atoms with Crippen LogP contribution in [0.5, 0.6) is 0 Å². The van der Waals surface area contributed by atoms with E-state index in [2.05, 4.69) is 10.6 Å². The van der Waals surface area contributed by atoms with Crippen LogP contribution in [0.15, 0.2) is 99.6 Å². The summed E-state index contributed by atoms with van der Waals surface area (Å²) >= 11 is 1.48. The van der Waals surface area contributed by atoms with Gasteiger partial charge in [0.25, 0.3) is 0 Å². The summed E-state index contributed by atoms with van der Waals surface area (Å²) in [4.78, 5) is 38.8. The van der Waals surface area contributed by atoms with Gasteiger partial charge in [-0.3, -0.25) is 9.59 Å². The zero-order valence-corrected chi connectivity index (χ0v) is 22.3. The number of benzene rings is 3. The van der Waals surface area contributed by atoms with Crippen molar-refractivity contribution in [2.24, 2.45) is 5.73 Å².